The predicted molar refractivity (Wildman–Crippen MR) is 74.5 cm³/mol. The molecule has 131 valence electrons. The van der Waals surface area contributed by atoms with Crippen LogP contribution in [0.5, 0.6) is 0 Å². The van der Waals surface area contributed by atoms with Gasteiger partial charge in [0.05, 0.1) is 38.1 Å². The van der Waals surface area contributed by atoms with Crippen molar-refractivity contribution in [2.45, 2.75) is 30.5 Å². The van der Waals surface area contributed by atoms with E-state index in [4.69, 9.17) is 17.8 Å². The lowest BCUT2D eigenvalue weighted by atomic mass is 9.81. The third kappa shape index (κ3) is 5.48. The number of aliphatic hydroxyl groups is 4. The average molecular weight is 343 g/mol. The summed E-state index contributed by atoms with van der Waals surface area (Å²) < 4.78 is 31.7. The molecular weight excluding hydrogens is 320 g/mol. The fourth-order valence-electron chi connectivity index (χ4n) is 2.04. The van der Waals surface area contributed by atoms with E-state index in [0.29, 0.717) is 0 Å². The summed E-state index contributed by atoms with van der Waals surface area (Å²) in [6, 6.07) is 0. The van der Waals surface area contributed by atoms with E-state index in [1.807, 2.05) is 0 Å². The van der Waals surface area contributed by atoms with Crippen molar-refractivity contribution < 1.29 is 42.5 Å². The second-order valence-corrected chi connectivity index (χ2v) is 5.71. The van der Waals surface area contributed by atoms with Crippen molar-refractivity contribution in [3.8, 4) is 0 Å². The minimum absolute atomic E-state index is 0.0544. The van der Waals surface area contributed by atoms with Crippen LogP contribution in [0.1, 0.15) is 0 Å². The molecule has 7 atom stereocenters. The maximum absolute atomic E-state index is 11.7. The van der Waals surface area contributed by atoms with Crippen molar-refractivity contribution in [2.75, 3.05) is 34.0 Å². The van der Waals surface area contributed by atoms with Gasteiger partial charge < -0.3 is 29.9 Å². The van der Waals surface area contributed by atoms with Gasteiger partial charge in [0.25, 0.3) is 0 Å². The first kappa shape index (κ1) is 19.9. The zero-order valence-corrected chi connectivity index (χ0v) is 13.2. The van der Waals surface area contributed by atoms with Gasteiger partial charge in [-0.15, -0.1) is 0 Å². The van der Waals surface area contributed by atoms with E-state index >= 15 is 0 Å². The lowest BCUT2D eigenvalue weighted by Gasteiger charge is -2.38. The molecule has 0 aromatic heterocycles. The molecule has 0 spiro atoms. The molecule has 1 aliphatic rings. The Morgan fingerprint density at radius 2 is 1.86 bits per heavy atom. The van der Waals surface area contributed by atoms with Crippen LogP contribution in [-0.2, 0) is 29.2 Å². The Bertz CT molecular complexity index is 343. The van der Waals surface area contributed by atoms with Gasteiger partial charge in [-0.25, -0.2) is 0 Å². The standard InChI is InChI=1S/C12H23O9S/c1-18-5-7(19-2)6-20-22(17)21-10-3-9(14)12(16)11(15)8(10)4-13/h3,7-16H,4-6H2,1-2H3. The third-order valence-corrected chi connectivity index (χ3v) is 4.09. The second kappa shape index (κ2) is 9.85. The topological polar surface area (TPSA) is 135 Å². The van der Waals surface area contributed by atoms with E-state index in [-0.39, 0.29) is 13.2 Å². The van der Waals surface area contributed by atoms with Crippen LogP contribution in [-0.4, -0.2) is 89.2 Å². The quantitative estimate of drug-likeness (QED) is 0.359. The SMILES string of the molecule is COCC(COS(=O)OC1[CH]C(O)C(O)C(O)C1CO)OC. The largest absolute Gasteiger partial charge is 0.396 e. The molecule has 1 fully saturated rings. The van der Waals surface area contributed by atoms with Crippen LogP contribution < -0.4 is 0 Å². The number of rotatable bonds is 9. The Kier molecular flexibility index (Phi) is 8.90. The highest BCUT2D eigenvalue weighted by Crippen LogP contribution is 2.28. The molecule has 7 unspecified atom stereocenters. The molecule has 0 aliphatic heterocycles. The Hall–Kier alpha value is -0.170. The minimum atomic E-state index is -2.19. The molecule has 0 heterocycles. The van der Waals surface area contributed by atoms with Gasteiger partial charge in [-0.05, 0) is 0 Å². The summed E-state index contributed by atoms with van der Waals surface area (Å²) in [5.41, 5.74) is 0. The molecule has 22 heavy (non-hydrogen) atoms. The van der Waals surface area contributed by atoms with Crippen molar-refractivity contribution >= 4 is 11.4 Å². The maximum atomic E-state index is 11.7. The Labute approximate surface area is 131 Å². The van der Waals surface area contributed by atoms with Crippen LogP contribution in [0, 0.1) is 12.3 Å². The monoisotopic (exact) mass is 343 g/mol. The van der Waals surface area contributed by atoms with Gasteiger partial charge in [0, 0.05) is 26.6 Å². The lowest BCUT2D eigenvalue weighted by Crippen LogP contribution is -2.55. The van der Waals surface area contributed by atoms with E-state index in [1.165, 1.54) is 14.2 Å². The summed E-state index contributed by atoms with van der Waals surface area (Å²) >= 11 is -2.19. The lowest BCUT2D eigenvalue weighted by molar-refractivity contribution is -0.127. The van der Waals surface area contributed by atoms with E-state index < -0.39 is 54.4 Å². The summed E-state index contributed by atoms with van der Waals surface area (Å²) in [7, 11) is 2.93. The van der Waals surface area contributed by atoms with Crippen LogP contribution in [0.2, 0.25) is 0 Å². The molecule has 0 bridgehead atoms. The third-order valence-electron chi connectivity index (χ3n) is 3.38. The number of aliphatic hydroxyl groups excluding tert-OH is 4. The summed E-state index contributed by atoms with van der Waals surface area (Å²) in [5, 5.41) is 38.1. The molecule has 4 N–H and O–H groups in total. The summed E-state index contributed by atoms with van der Waals surface area (Å²) in [6.45, 7) is -0.332. The van der Waals surface area contributed by atoms with Crippen molar-refractivity contribution in [2.24, 2.45) is 5.92 Å². The molecule has 0 amide bonds. The minimum Gasteiger partial charge on any atom is -0.396 e. The van der Waals surface area contributed by atoms with Crippen molar-refractivity contribution in [1.29, 1.82) is 0 Å². The maximum Gasteiger partial charge on any atom is 0.304 e. The van der Waals surface area contributed by atoms with Crippen molar-refractivity contribution in [3.05, 3.63) is 6.42 Å². The van der Waals surface area contributed by atoms with Crippen LogP contribution in [0.4, 0.5) is 0 Å². The highest BCUT2D eigenvalue weighted by Gasteiger charge is 2.44. The number of ether oxygens (including phenoxy) is 2. The number of methoxy groups -OCH3 is 2. The van der Waals surface area contributed by atoms with Gasteiger partial charge in [0.1, 0.15) is 12.2 Å². The van der Waals surface area contributed by atoms with Crippen LogP contribution in [0.3, 0.4) is 0 Å². The first-order chi connectivity index (χ1) is 10.4. The van der Waals surface area contributed by atoms with E-state index in [1.54, 1.807) is 0 Å². The van der Waals surface area contributed by atoms with Crippen LogP contribution in [0.15, 0.2) is 0 Å². The second-order valence-electron chi connectivity index (χ2n) is 4.87. The van der Waals surface area contributed by atoms with Gasteiger partial charge in [0.2, 0.25) is 0 Å². The molecular formula is C12H23O9S. The molecule has 9 nitrogen and oxygen atoms in total. The number of hydrogen-bond donors (Lipinski definition) is 4. The molecule has 1 rings (SSSR count). The highest BCUT2D eigenvalue weighted by molar-refractivity contribution is 7.75. The van der Waals surface area contributed by atoms with Crippen molar-refractivity contribution in [3.63, 3.8) is 0 Å². The Morgan fingerprint density at radius 1 is 1.18 bits per heavy atom. The first-order valence-electron chi connectivity index (χ1n) is 6.68. The van der Waals surface area contributed by atoms with Gasteiger partial charge >= 0.3 is 11.4 Å². The van der Waals surface area contributed by atoms with E-state index in [0.717, 1.165) is 6.42 Å². The molecule has 0 aromatic rings. The fraction of sp³-hybridized carbons (Fsp3) is 0.917. The predicted octanol–water partition coefficient (Wildman–Crippen LogP) is -2.46. The average Bonchev–Trinajstić information content (AvgIpc) is 2.49. The Balaban J connectivity index is 2.51. The van der Waals surface area contributed by atoms with Gasteiger partial charge in [-0.3, -0.25) is 8.37 Å². The smallest absolute Gasteiger partial charge is 0.304 e. The van der Waals surface area contributed by atoms with Gasteiger partial charge in [-0.2, -0.15) is 4.21 Å². The first-order valence-corrected chi connectivity index (χ1v) is 7.68. The molecule has 1 radical (unpaired) electrons. The molecule has 0 saturated heterocycles. The Morgan fingerprint density at radius 3 is 2.41 bits per heavy atom. The van der Waals surface area contributed by atoms with E-state index in [2.05, 4.69) is 0 Å². The van der Waals surface area contributed by atoms with Gasteiger partial charge in [0.15, 0.2) is 0 Å². The zero-order valence-electron chi connectivity index (χ0n) is 12.4. The van der Waals surface area contributed by atoms with Crippen molar-refractivity contribution in [1.82, 2.24) is 0 Å². The molecule has 1 aliphatic carbocycles. The molecule has 1 saturated carbocycles. The number of hydrogen-bond acceptors (Lipinski definition) is 9. The van der Waals surface area contributed by atoms with Crippen LogP contribution in [0.25, 0.3) is 0 Å². The highest BCUT2D eigenvalue weighted by atomic mass is 32.2. The molecule has 0 aromatic carbocycles. The summed E-state index contributed by atoms with van der Waals surface area (Å²) in [5.74, 6) is -0.928. The summed E-state index contributed by atoms with van der Waals surface area (Å²) in [4.78, 5) is 0. The normalized spacial score (nSPS) is 35.3. The zero-order chi connectivity index (χ0) is 16.7. The van der Waals surface area contributed by atoms with Crippen LogP contribution >= 0.6 is 0 Å². The van der Waals surface area contributed by atoms with Gasteiger partial charge in [-0.1, -0.05) is 0 Å². The summed E-state index contributed by atoms with van der Waals surface area (Å²) in [6.07, 6.45) is -4.52. The fourth-order valence-corrected chi connectivity index (χ4v) is 2.74. The van der Waals surface area contributed by atoms with E-state index in [9.17, 15) is 24.6 Å². The molecule has 10 heteroatoms.